The fraction of sp³-hybridized carbons (Fsp3) is 0.533. The summed E-state index contributed by atoms with van der Waals surface area (Å²) in [6.45, 7) is 13.8. The van der Waals surface area contributed by atoms with E-state index in [1.807, 2.05) is 76.8 Å². The van der Waals surface area contributed by atoms with Gasteiger partial charge in [0.2, 0.25) is 0 Å². The zero-order valence-electron chi connectivity index (χ0n) is 22.9. The third kappa shape index (κ3) is 6.77. The summed E-state index contributed by atoms with van der Waals surface area (Å²) in [5, 5.41) is 20.0. The number of carbonyl (C=O) groups is 1. The summed E-state index contributed by atoms with van der Waals surface area (Å²) in [5.74, 6) is 1.02. The molecule has 2 aromatic carbocycles. The van der Waals surface area contributed by atoms with Crippen LogP contribution in [-0.4, -0.2) is 48.4 Å². The van der Waals surface area contributed by atoms with Crippen molar-refractivity contribution in [2.24, 2.45) is 5.92 Å². The maximum atomic E-state index is 13.6. The summed E-state index contributed by atoms with van der Waals surface area (Å²) < 4.78 is 5.26. The van der Waals surface area contributed by atoms with Crippen molar-refractivity contribution in [2.45, 2.75) is 71.1 Å². The average molecular weight is 560 g/mol. The molecule has 1 aliphatic rings. The summed E-state index contributed by atoms with van der Waals surface area (Å²) in [6.07, 6.45) is 1.88. The van der Waals surface area contributed by atoms with E-state index >= 15 is 0 Å². The predicted molar refractivity (Wildman–Crippen MR) is 153 cm³/mol. The zero-order valence-corrected chi connectivity index (χ0v) is 24.6. The molecule has 3 rings (SSSR count). The number of nitrogens with zero attached hydrogens (tertiary/aromatic N) is 1. The first kappa shape index (κ1) is 30.0. The normalized spacial score (nSPS) is 18.3. The van der Waals surface area contributed by atoms with Crippen LogP contribution in [0.25, 0.3) is 0 Å². The molecule has 1 heterocycles. The molecule has 1 aliphatic heterocycles. The van der Waals surface area contributed by atoms with Crippen molar-refractivity contribution < 1.29 is 14.6 Å². The summed E-state index contributed by atoms with van der Waals surface area (Å²) >= 11 is 0. The van der Waals surface area contributed by atoms with Crippen molar-refractivity contribution in [2.75, 3.05) is 26.8 Å². The highest BCUT2D eigenvalue weighted by atomic mass is 79.9. The molecule has 36 heavy (non-hydrogen) atoms. The van der Waals surface area contributed by atoms with E-state index < -0.39 is 0 Å². The van der Waals surface area contributed by atoms with Gasteiger partial charge in [0.1, 0.15) is 11.6 Å². The standard InChI is InChI=1S/C30H42N2O3.BrH/c1-29(2,3)23-16-22(17-24(27(23)34)30(4,5)6)25(33)19-32-18-21(14-11-15-35-7)26(28(32)31)20-12-9-8-10-13-20;/h8-10,12-13,16-17,21,26,31,34H,11,14-15,18-19H2,1-7H3;1H/t21-,26+;/m0./s1. The van der Waals surface area contributed by atoms with Gasteiger partial charge < -0.3 is 14.7 Å². The van der Waals surface area contributed by atoms with Gasteiger partial charge in [0.25, 0.3) is 0 Å². The molecule has 0 saturated carbocycles. The topological polar surface area (TPSA) is 73.6 Å². The third-order valence-corrected chi connectivity index (χ3v) is 7.03. The number of nitrogens with one attached hydrogen (secondary N) is 1. The van der Waals surface area contributed by atoms with Gasteiger partial charge in [0.15, 0.2) is 5.78 Å². The SMILES string of the molecule is Br.COCCC[C@H]1CN(CC(=O)c2cc(C(C)(C)C)c(O)c(C(C)(C)C)c2)C(=N)[C@@H]1c1ccccc1. The van der Waals surface area contributed by atoms with Crippen molar-refractivity contribution >= 4 is 28.6 Å². The monoisotopic (exact) mass is 558 g/mol. The molecule has 198 valence electrons. The maximum Gasteiger partial charge on any atom is 0.182 e. The molecule has 1 fully saturated rings. The van der Waals surface area contributed by atoms with Crippen molar-refractivity contribution in [1.82, 2.24) is 4.90 Å². The molecule has 0 radical (unpaired) electrons. The molecule has 0 unspecified atom stereocenters. The van der Waals surface area contributed by atoms with Crippen molar-refractivity contribution in [3.63, 3.8) is 0 Å². The Labute approximate surface area is 227 Å². The molecule has 0 bridgehead atoms. The van der Waals surface area contributed by atoms with Gasteiger partial charge in [-0.15, -0.1) is 17.0 Å². The summed E-state index contributed by atoms with van der Waals surface area (Å²) in [7, 11) is 1.71. The minimum absolute atomic E-state index is 0. The number of rotatable bonds is 8. The lowest BCUT2D eigenvalue weighted by atomic mass is 9.78. The number of benzene rings is 2. The molecular weight excluding hydrogens is 516 g/mol. The second-order valence-corrected chi connectivity index (χ2v) is 11.9. The second-order valence-electron chi connectivity index (χ2n) is 11.9. The Morgan fingerprint density at radius 3 is 2.11 bits per heavy atom. The van der Waals surface area contributed by atoms with Crippen molar-refractivity contribution in [3.8, 4) is 5.75 Å². The number of amidine groups is 1. The summed E-state index contributed by atoms with van der Waals surface area (Å²) in [6, 6.07) is 13.9. The second kappa shape index (κ2) is 11.9. The number of halogens is 1. The molecule has 2 atom stereocenters. The molecular formula is C30H43BrN2O3. The Morgan fingerprint density at radius 2 is 1.61 bits per heavy atom. The van der Waals surface area contributed by atoms with E-state index in [-0.39, 0.29) is 57.7 Å². The van der Waals surface area contributed by atoms with Gasteiger partial charge in [-0.3, -0.25) is 10.2 Å². The van der Waals surface area contributed by atoms with E-state index in [4.69, 9.17) is 10.1 Å². The van der Waals surface area contributed by atoms with Gasteiger partial charge in [-0.2, -0.15) is 0 Å². The lowest BCUT2D eigenvalue weighted by Gasteiger charge is -2.28. The fourth-order valence-corrected chi connectivity index (χ4v) is 5.10. The van der Waals surface area contributed by atoms with E-state index in [0.717, 1.165) is 29.5 Å². The molecule has 0 aromatic heterocycles. The van der Waals surface area contributed by atoms with Crippen molar-refractivity contribution in [3.05, 3.63) is 64.7 Å². The first-order valence-corrected chi connectivity index (χ1v) is 12.6. The number of hydrogen-bond acceptors (Lipinski definition) is 4. The van der Waals surface area contributed by atoms with Crippen LogP contribution in [0.5, 0.6) is 5.75 Å². The molecule has 2 N–H and O–H groups in total. The van der Waals surface area contributed by atoms with E-state index in [0.29, 0.717) is 24.6 Å². The molecule has 6 heteroatoms. The Hall–Kier alpha value is -2.18. The molecule has 1 saturated heterocycles. The Bertz CT molecular complexity index is 1020. The Morgan fingerprint density at radius 1 is 1.06 bits per heavy atom. The maximum absolute atomic E-state index is 13.6. The van der Waals surface area contributed by atoms with Gasteiger partial charge in [-0.25, -0.2) is 0 Å². The lowest BCUT2D eigenvalue weighted by Crippen LogP contribution is -2.32. The number of methoxy groups -OCH3 is 1. The van der Waals surface area contributed by atoms with Gasteiger partial charge in [-0.05, 0) is 47.3 Å². The first-order valence-electron chi connectivity index (χ1n) is 12.6. The van der Waals surface area contributed by atoms with Crippen LogP contribution < -0.4 is 0 Å². The minimum Gasteiger partial charge on any atom is -0.507 e. The van der Waals surface area contributed by atoms with Crippen molar-refractivity contribution in [1.29, 1.82) is 5.41 Å². The third-order valence-electron chi connectivity index (χ3n) is 7.03. The van der Waals surface area contributed by atoms with E-state index in [1.165, 1.54) is 0 Å². The number of Topliss-reactive ketones (excluding diaryl/α,β-unsaturated/α-hetero) is 1. The van der Waals surface area contributed by atoms with Crippen LogP contribution in [0.2, 0.25) is 0 Å². The fourth-order valence-electron chi connectivity index (χ4n) is 5.10. The van der Waals surface area contributed by atoms with Crippen LogP contribution in [0.3, 0.4) is 0 Å². The number of hydrogen-bond donors (Lipinski definition) is 2. The van der Waals surface area contributed by atoms with E-state index in [2.05, 4.69) is 12.1 Å². The predicted octanol–water partition coefficient (Wildman–Crippen LogP) is 6.87. The number of phenols is 1. The number of ether oxygens (including phenoxy) is 1. The van der Waals surface area contributed by atoms with Crippen LogP contribution >= 0.6 is 17.0 Å². The van der Waals surface area contributed by atoms with Crippen LogP contribution in [0.1, 0.15) is 87.4 Å². The number of likely N-dealkylation sites (tertiary alicyclic amines) is 1. The number of aromatic hydroxyl groups is 1. The lowest BCUT2D eigenvalue weighted by molar-refractivity contribution is 0.0962. The number of phenolic OH excluding ortho intramolecular Hbond substituents is 1. The van der Waals surface area contributed by atoms with Crippen LogP contribution in [0, 0.1) is 11.3 Å². The van der Waals surface area contributed by atoms with Gasteiger partial charge in [0.05, 0.1) is 6.54 Å². The highest BCUT2D eigenvalue weighted by molar-refractivity contribution is 8.93. The van der Waals surface area contributed by atoms with E-state index in [1.54, 1.807) is 7.11 Å². The summed E-state index contributed by atoms with van der Waals surface area (Å²) in [5.41, 5.74) is 2.69. The van der Waals surface area contributed by atoms with Crippen LogP contribution in [0.4, 0.5) is 0 Å². The molecule has 5 nitrogen and oxygen atoms in total. The summed E-state index contributed by atoms with van der Waals surface area (Å²) in [4.78, 5) is 15.5. The molecule has 0 amide bonds. The molecule has 2 aromatic rings. The highest BCUT2D eigenvalue weighted by Gasteiger charge is 2.39. The Balaban J connectivity index is 0.00000456. The quantitative estimate of drug-likeness (QED) is 0.274. The largest absolute Gasteiger partial charge is 0.507 e. The minimum atomic E-state index is -0.300. The average Bonchev–Trinajstić information content (AvgIpc) is 3.07. The number of ketones is 1. The van der Waals surface area contributed by atoms with E-state index in [9.17, 15) is 9.90 Å². The first-order chi connectivity index (χ1) is 16.3. The molecule has 0 spiro atoms. The highest BCUT2D eigenvalue weighted by Crippen LogP contribution is 2.41. The smallest absolute Gasteiger partial charge is 0.182 e. The number of carbonyl (C=O) groups excluding carboxylic acids is 1. The van der Waals surface area contributed by atoms with Gasteiger partial charge >= 0.3 is 0 Å². The van der Waals surface area contributed by atoms with Gasteiger partial charge in [-0.1, -0.05) is 71.9 Å². The Kier molecular flexibility index (Phi) is 9.94. The van der Waals surface area contributed by atoms with Crippen LogP contribution in [-0.2, 0) is 15.6 Å². The molecule has 0 aliphatic carbocycles. The van der Waals surface area contributed by atoms with Gasteiger partial charge in [0, 0.05) is 42.9 Å². The van der Waals surface area contributed by atoms with Crippen LogP contribution in [0.15, 0.2) is 42.5 Å². The zero-order chi connectivity index (χ0) is 26.0.